The third-order valence-corrected chi connectivity index (χ3v) is 5.87. The number of allylic oxidation sites excluding steroid dienone is 1. The molecule has 1 atom stereocenters. The van der Waals surface area contributed by atoms with Gasteiger partial charge in [0.15, 0.2) is 5.82 Å². The SMILES string of the molecule is Cc1ccc(-c2[nH]nc3c2C(c2ccc(Cl)cc2)C(C#N)=C(c2ccccc2)N3)cc1. The summed E-state index contributed by atoms with van der Waals surface area (Å²) in [6.45, 7) is 2.06. The summed E-state index contributed by atoms with van der Waals surface area (Å²) in [5.41, 5.74) is 7.45. The number of benzene rings is 3. The number of hydrogen-bond acceptors (Lipinski definition) is 3. The van der Waals surface area contributed by atoms with Gasteiger partial charge in [-0.3, -0.25) is 5.10 Å². The number of aryl methyl sites for hydroxylation is 1. The molecule has 0 amide bonds. The molecule has 5 heteroatoms. The first-order valence-corrected chi connectivity index (χ1v) is 10.4. The maximum absolute atomic E-state index is 10.3. The number of hydrogen-bond donors (Lipinski definition) is 2. The number of fused-ring (bicyclic) bond motifs is 1. The maximum atomic E-state index is 10.3. The van der Waals surface area contributed by atoms with Crippen molar-refractivity contribution >= 4 is 23.1 Å². The Labute approximate surface area is 185 Å². The highest BCUT2D eigenvalue weighted by molar-refractivity contribution is 6.30. The Morgan fingerprint density at radius 3 is 2.29 bits per heavy atom. The van der Waals surface area contributed by atoms with Gasteiger partial charge in [-0.2, -0.15) is 10.4 Å². The number of aromatic amines is 1. The number of nitrogens with one attached hydrogen (secondary N) is 2. The van der Waals surface area contributed by atoms with E-state index in [9.17, 15) is 5.26 Å². The first-order valence-electron chi connectivity index (χ1n) is 10.0. The molecule has 0 radical (unpaired) electrons. The minimum atomic E-state index is -0.274. The highest BCUT2D eigenvalue weighted by Crippen LogP contribution is 2.47. The van der Waals surface area contributed by atoms with Crippen LogP contribution in [0.2, 0.25) is 5.02 Å². The lowest BCUT2D eigenvalue weighted by Crippen LogP contribution is -2.17. The normalized spacial score (nSPS) is 15.2. The molecule has 1 aromatic heterocycles. The molecule has 1 aliphatic heterocycles. The minimum Gasteiger partial charge on any atom is -0.337 e. The zero-order valence-electron chi connectivity index (χ0n) is 16.9. The lowest BCUT2D eigenvalue weighted by molar-refractivity contribution is 0.973. The third-order valence-electron chi connectivity index (χ3n) is 5.62. The average molecular weight is 423 g/mol. The zero-order valence-corrected chi connectivity index (χ0v) is 17.6. The van der Waals surface area contributed by atoms with Crippen LogP contribution in [-0.4, -0.2) is 10.2 Å². The van der Waals surface area contributed by atoms with Crippen LogP contribution in [0, 0.1) is 18.3 Å². The van der Waals surface area contributed by atoms with E-state index in [0.29, 0.717) is 10.6 Å². The molecule has 4 aromatic rings. The Hall–Kier alpha value is -3.81. The van der Waals surface area contributed by atoms with E-state index in [-0.39, 0.29) is 5.92 Å². The second kappa shape index (κ2) is 7.79. The van der Waals surface area contributed by atoms with E-state index in [0.717, 1.165) is 39.5 Å². The van der Waals surface area contributed by atoms with Crippen LogP contribution in [0.4, 0.5) is 5.82 Å². The molecule has 3 aromatic carbocycles. The number of H-pyrrole nitrogens is 1. The van der Waals surface area contributed by atoms with E-state index >= 15 is 0 Å². The standard InChI is InChI=1S/C26H19ClN4/c1-16-7-9-19(10-8-16)25-23-22(17-11-13-20(27)14-12-17)21(15-28)24(29-26(23)31-30-25)18-5-3-2-4-6-18/h2-14,22H,1H3,(H2,29,30,31). The van der Waals surface area contributed by atoms with Crippen LogP contribution in [0.5, 0.6) is 0 Å². The van der Waals surface area contributed by atoms with E-state index in [2.05, 4.69) is 52.8 Å². The topological polar surface area (TPSA) is 64.5 Å². The van der Waals surface area contributed by atoms with Crippen molar-refractivity contribution in [1.29, 1.82) is 5.26 Å². The predicted octanol–water partition coefficient (Wildman–Crippen LogP) is 6.53. The summed E-state index contributed by atoms with van der Waals surface area (Å²) in [7, 11) is 0. The van der Waals surface area contributed by atoms with Crippen molar-refractivity contribution in [2.75, 3.05) is 5.32 Å². The van der Waals surface area contributed by atoms with Gasteiger partial charge in [0.2, 0.25) is 0 Å². The number of aromatic nitrogens is 2. The van der Waals surface area contributed by atoms with Gasteiger partial charge in [-0.05, 0) is 35.7 Å². The highest BCUT2D eigenvalue weighted by atomic mass is 35.5. The van der Waals surface area contributed by atoms with Gasteiger partial charge in [-0.25, -0.2) is 0 Å². The Morgan fingerprint density at radius 1 is 0.903 bits per heavy atom. The number of halogens is 1. The molecule has 0 saturated carbocycles. The quantitative estimate of drug-likeness (QED) is 0.394. The largest absolute Gasteiger partial charge is 0.337 e. The van der Waals surface area contributed by atoms with Gasteiger partial charge in [0.1, 0.15) is 0 Å². The van der Waals surface area contributed by atoms with E-state index in [1.165, 1.54) is 5.56 Å². The summed E-state index contributed by atoms with van der Waals surface area (Å²) in [5.74, 6) is 0.456. The monoisotopic (exact) mass is 422 g/mol. The molecule has 1 aliphatic rings. The molecular formula is C26H19ClN4. The first kappa shape index (κ1) is 19.2. The predicted molar refractivity (Wildman–Crippen MR) is 125 cm³/mol. The van der Waals surface area contributed by atoms with Crippen LogP contribution in [0.1, 0.15) is 28.2 Å². The molecular weight excluding hydrogens is 404 g/mol. The number of nitrogens with zero attached hydrogens (tertiary/aromatic N) is 2. The van der Waals surface area contributed by atoms with Crippen molar-refractivity contribution in [3.8, 4) is 17.3 Å². The van der Waals surface area contributed by atoms with Crippen molar-refractivity contribution in [3.63, 3.8) is 0 Å². The van der Waals surface area contributed by atoms with E-state index in [1.54, 1.807) is 0 Å². The van der Waals surface area contributed by atoms with Crippen LogP contribution in [0.15, 0.2) is 84.4 Å². The van der Waals surface area contributed by atoms with Crippen LogP contribution in [0.25, 0.3) is 17.0 Å². The van der Waals surface area contributed by atoms with E-state index < -0.39 is 0 Å². The summed E-state index contributed by atoms with van der Waals surface area (Å²) in [5, 5.41) is 22.1. The minimum absolute atomic E-state index is 0.274. The lowest BCUT2D eigenvalue weighted by atomic mass is 9.80. The molecule has 5 rings (SSSR count). The fraction of sp³-hybridized carbons (Fsp3) is 0.0769. The Morgan fingerprint density at radius 2 is 1.61 bits per heavy atom. The van der Waals surface area contributed by atoms with E-state index in [1.807, 2.05) is 54.6 Å². The molecule has 0 saturated heterocycles. The second-order valence-electron chi connectivity index (χ2n) is 7.60. The fourth-order valence-corrected chi connectivity index (χ4v) is 4.21. The Kier molecular flexibility index (Phi) is 4.82. The van der Waals surface area contributed by atoms with Gasteiger partial charge in [0.05, 0.1) is 29.0 Å². The molecule has 31 heavy (non-hydrogen) atoms. The number of rotatable bonds is 3. The first-order chi connectivity index (χ1) is 15.2. The fourth-order valence-electron chi connectivity index (χ4n) is 4.08. The van der Waals surface area contributed by atoms with Gasteiger partial charge in [0, 0.05) is 10.6 Å². The molecule has 0 bridgehead atoms. The van der Waals surface area contributed by atoms with Crippen molar-refractivity contribution in [3.05, 3.63) is 112 Å². The summed E-state index contributed by atoms with van der Waals surface area (Å²) in [6.07, 6.45) is 0. The number of anilines is 1. The summed E-state index contributed by atoms with van der Waals surface area (Å²) in [4.78, 5) is 0. The van der Waals surface area contributed by atoms with Crippen molar-refractivity contribution < 1.29 is 0 Å². The summed E-state index contributed by atoms with van der Waals surface area (Å²) < 4.78 is 0. The van der Waals surface area contributed by atoms with Crippen LogP contribution >= 0.6 is 11.6 Å². The summed E-state index contributed by atoms with van der Waals surface area (Å²) >= 11 is 6.16. The maximum Gasteiger partial charge on any atom is 0.157 e. The molecule has 0 fully saturated rings. The third kappa shape index (κ3) is 3.39. The second-order valence-corrected chi connectivity index (χ2v) is 8.04. The number of nitriles is 1. The van der Waals surface area contributed by atoms with Crippen molar-refractivity contribution in [2.45, 2.75) is 12.8 Å². The molecule has 150 valence electrons. The van der Waals surface area contributed by atoms with Gasteiger partial charge in [-0.15, -0.1) is 0 Å². The highest BCUT2D eigenvalue weighted by Gasteiger charge is 2.34. The van der Waals surface area contributed by atoms with Crippen molar-refractivity contribution in [1.82, 2.24) is 10.2 Å². The molecule has 0 spiro atoms. The zero-order chi connectivity index (χ0) is 21.4. The molecule has 4 nitrogen and oxygen atoms in total. The summed E-state index contributed by atoms with van der Waals surface area (Å²) in [6, 6.07) is 28.4. The van der Waals surface area contributed by atoms with Gasteiger partial charge >= 0.3 is 0 Å². The van der Waals surface area contributed by atoms with Gasteiger partial charge in [-0.1, -0.05) is 83.9 Å². The van der Waals surface area contributed by atoms with Crippen LogP contribution in [-0.2, 0) is 0 Å². The Bertz CT molecular complexity index is 1310. The Balaban J connectivity index is 1.76. The van der Waals surface area contributed by atoms with E-state index in [4.69, 9.17) is 11.6 Å². The molecule has 0 aliphatic carbocycles. The molecule has 1 unspecified atom stereocenters. The smallest absolute Gasteiger partial charge is 0.157 e. The van der Waals surface area contributed by atoms with Crippen LogP contribution in [0.3, 0.4) is 0 Å². The average Bonchev–Trinajstić information content (AvgIpc) is 3.23. The molecule has 2 N–H and O–H groups in total. The van der Waals surface area contributed by atoms with Gasteiger partial charge < -0.3 is 5.32 Å². The lowest BCUT2D eigenvalue weighted by Gasteiger charge is -2.27. The van der Waals surface area contributed by atoms with Crippen molar-refractivity contribution in [2.24, 2.45) is 0 Å². The molecule has 2 heterocycles. The van der Waals surface area contributed by atoms with Crippen LogP contribution < -0.4 is 5.32 Å². The van der Waals surface area contributed by atoms with Gasteiger partial charge in [0.25, 0.3) is 0 Å².